The summed E-state index contributed by atoms with van der Waals surface area (Å²) in [6.45, 7) is 6.20. The molecule has 4 aromatic carbocycles. The molecule has 0 bridgehead atoms. The molecule has 10 nitrogen and oxygen atoms in total. The normalized spacial score (nSPS) is 17.0. The number of Topliss-reactive ketones (excluding diaryl/α,β-unsaturated/α-hetero) is 2. The van der Waals surface area contributed by atoms with Crippen LogP contribution in [0.1, 0.15) is 68.7 Å². The summed E-state index contributed by atoms with van der Waals surface area (Å²) in [7, 11) is 1.52. The van der Waals surface area contributed by atoms with Crippen LogP contribution in [0.15, 0.2) is 102 Å². The number of oxime groups is 1. The van der Waals surface area contributed by atoms with Crippen LogP contribution in [0.5, 0.6) is 0 Å². The summed E-state index contributed by atoms with van der Waals surface area (Å²) in [6, 6.07) is 31.2. The van der Waals surface area contributed by atoms with Gasteiger partial charge < -0.3 is 24.4 Å². The van der Waals surface area contributed by atoms with Crippen LogP contribution in [-0.2, 0) is 27.3 Å². The molecule has 0 N–H and O–H groups in total. The lowest BCUT2D eigenvalue weighted by molar-refractivity contribution is -0.133. The molecular formula is C46H49N5O5. The monoisotopic (exact) mass is 751 g/mol. The van der Waals surface area contributed by atoms with Gasteiger partial charge in [0.05, 0.1) is 0 Å². The molecule has 8 rings (SSSR count). The van der Waals surface area contributed by atoms with Gasteiger partial charge in [-0.1, -0.05) is 53.7 Å². The maximum atomic E-state index is 13.2. The first kappa shape index (κ1) is 37.2. The summed E-state index contributed by atoms with van der Waals surface area (Å²) in [5, 5.41) is 4.32. The molecular weight excluding hydrogens is 703 g/mol. The average molecular weight is 752 g/mol. The molecule has 2 amide bonds. The molecule has 2 aliphatic carbocycles. The molecule has 56 heavy (non-hydrogen) atoms. The summed E-state index contributed by atoms with van der Waals surface area (Å²) < 4.78 is 0. The van der Waals surface area contributed by atoms with Crippen molar-refractivity contribution >= 4 is 40.5 Å². The highest BCUT2D eigenvalue weighted by Crippen LogP contribution is 2.32. The van der Waals surface area contributed by atoms with E-state index in [9.17, 15) is 19.2 Å². The van der Waals surface area contributed by atoms with Gasteiger partial charge in [-0.3, -0.25) is 19.2 Å². The highest BCUT2D eigenvalue weighted by atomic mass is 16.6. The minimum Gasteiger partial charge on any atom is -0.399 e. The first-order chi connectivity index (χ1) is 27.3. The minimum absolute atomic E-state index is 0.0483. The van der Waals surface area contributed by atoms with Gasteiger partial charge in [-0.25, -0.2) is 0 Å². The number of benzene rings is 4. The van der Waals surface area contributed by atoms with Crippen LogP contribution in [0.4, 0.5) is 11.4 Å². The molecule has 0 radical (unpaired) electrons. The number of hydrogen-bond donors (Lipinski definition) is 0. The molecule has 288 valence electrons. The van der Waals surface area contributed by atoms with E-state index in [-0.39, 0.29) is 36.2 Å². The fraction of sp³-hybridized carbons (Fsp3) is 0.370. The third kappa shape index (κ3) is 8.70. The quantitative estimate of drug-likeness (QED) is 0.0931. The highest BCUT2D eigenvalue weighted by molar-refractivity contribution is 6.12. The largest absolute Gasteiger partial charge is 0.399 e. The Balaban J connectivity index is 0.826. The van der Waals surface area contributed by atoms with Crippen molar-refractivity contribution in [1.82, 2.24) is 9.80 Å². The third-order valence-corrected chi connectivity index (χ3v) is 11.5. The Morgan fingerprint density at radius 3 is 1.16 bits per heavy atom. The fourth-order valence-corrected chi connectivity index (χ4v) is 7.76. The van der Waals surface area contributed by atoms with Crippen LogP contribution in [0.3, 0.4) is 0 Å². The lowest BCUT2D eigenvalue weighted by Gasteiger charge is -2.36. The van der Waals surface area contributed by atoms with Crippen molar-refractivity contribution < 1.29 is 24.0 Å². The molecule has 2 heterocycles. The van der Waals surface area contributed by atoms with Gasteiger partial charge in [-0.05, 0) is 85.3 Å². The lowest BCUT2D eigenvalue weighted by Crippen LogP contribution is -2.49. The Morgan fingerprint density at radius 1 is 0.500 bits per heavy atom. The standard InChI is InChI=1S/C46H49N5O5/c1-56-47-44(36-6-2-32(3-7-36)30-42(52)34-14-18-40(19-15-34)48-22-26-50(27-23-48)45(54)38-10-11-38)37-8-4-33(5-9-37)31-43(53)35-16-20-41(21-17-35)49-24-28-51(29-25-49)46(55)39-12-13-39/h2-9,14-21,38-39H,10-13,22-31H2,1H3. The molecule has 4 fully saturated rings. The van der Waals surface area contributed by atoms with Crippen molar-refractivity contribution in [2.75, 3.05) is 69.3 Å². The van der Waals surface area contributed by atoms with E-state index in [1.807, 2.05) is 107 Å². The second-order valence-electron chi connectivity index (χ2n) is 15.5. The molecule has 2 saturated carbocycles. The Kier molecular flexibility index (Phi) is 11.0. The van der Waals surface area contributed by atoms with E-state index in [4.69, 9.17) is 4.84 Å². The van der Waals surface area contributed by atoms with E-state index < -0.39 is 0 Å². The zero-order valence-electron chi connectivity index (χ0n) is 32.1. The Hall–Kier alpha value is -5.77. The Labute approximate surface area is 328 Å². The summed E-state index contributed by atoms with van der Waals surface area (Å²) in [5.74, 6) is 1.23. The number of hydrogen-bond acceptors (Lipinski definition) is 8. The number of carbonyl (C=O) groups excluding carboxylic acids is 4. The Bertz CT molecular complexity index is 1920. The van der Waals surface area contributed by atoms with E-state index >= 15 is 0 Å². The van der Waals surface area contributed by atoms with Crippen LogP contribution < -0.4 is 9.80 Å². The highest BCUT2D eigenvalue weighted by Gasteiger charge is 2.35. The maximum absolute atomic E-state index is 13.2. The van der Waals surface area contributed by atoms with Crippen molar-refractivity contribution in [3.05, 3.63) is 130 Å². The number of piperazine rings is 2. The predicted molar refractivity (Wildman–Crippen MR) is 218 cm³/mol. The number of rotatable bonds is 13. The van der Waals surface area contributed by atoms with Crippen molar-refractivity contribution in [2.24, 2.45) is 17.0 Å². The van der Waals surface area contributed by atoms with Crippen LogP contribution >= 0.6 is 0 Å². The number of nitrogens with zero attached hydrogens (tertiary/aromatic N) is 5. The van der Waals surface area contributed by atoms with Gasteiger partial charge in [0, 0.05) is 111 Å². The smallest absolute Gasteiger partial charge is 0.225 e. The lowest BCUT2D eigenvalue weighted by atomic mass is 9.96. The fourth-order valence-electron chi connectivity index (χ4n) is 7.76. The van der Waals surface area contributed by atoms with E-state index in [0.717, 1.165) is 112 Å². The summed E-state index contributed by atoms with van der Waals surface area (Å²) >= 11 is 0. The SMILES string of the molecule is CON=C(c1ccc(CC(=O)c2ccc(N3CCN(C(=O)C4CC4)CC3)cc2)cc1)c1ccc(CC(=O)c2ccc(N3CCN(C(=O)C4CC4)CC3)cc2)cc1. The van der Waals surface area contributed by atoms with Gasteiger partial charge in [-0.15, -0.1) is 0 Å². The van der Waals surface area contributed by atoms with Gasteiger partial charge >= 0.3 is 0 Å². The topological polar surface area (TPSA) is 103 Å². The molecule has 2 aliphatic heterocycles. The van der Waals surface area contributed by atoms with Crippen LogP contribution in [0.2, 0.25) is 0 Å². The van der Waals surface area contributed by atoms with Gasteiger partial charge in [0.25, 0.3) is 0 Å². The molecule has 4 aliphatic rings. The third-order valence-electron chi connectivity index (χ3n) is 11.5. The van der Waals surface area contributed by atoms with E-state index in [1.165, 1.54) is 7.11 Å². The zero-order chi connectivity index (χ0) is 38.6. The van der Waals surface area contributed by atoms with E-state index in [2.05, 4.69) is 15.0 Å². The van der Waals surface area contributed by atoms with Crippen molar-refractivity contribution in [3.63, 3.8) is 0 Å². The van der Waals surface area contributed by atoms with Gasteiger partial charge in [-0.2, -0.15) is 0 Å². The number of anilines is 2. The minimum atomic E-state index is 0.0483. The number of carbonyl (C=O) groups is 4. The van der Waals surface area contributed by atoms with Gasteiger partial charge in [0.15, 0.2) is 11.6 Å². The van der Waals surface area contributed by atoms with Gasteiger partial charge in [0.1, 0.15) is 12.8 Å². The van der Waals surface area contributed by atoms with Crippen molar-refractivity contribution in [3.8, 4) is 0 Å². The summed E-state index contributed by atoms with van der Waals surface area (Å²) in [4.78, 5) is 65.0. The van der Waals surface area contributed by atoms with Crippen molar-refractivity contribution in [1.29, 1.82) is 0 Å². The first-order valence-corrected chi connectivity index (χ1v) is 20.0. The predicted octanol–water partition coefficient (Wildman–Crippen LogP) is 6.05. The summed E-state index contributed by atoms with van der Waals surface area (Å²) in [6.07, 6.45) is 4.70. The molecule has 0 spiro atoms. The molecule has 0 unspecified atom stereocenters. The Morgan fingerprint density at radius 2 is 0.839 bits per heavy atom. The first-order valence-electron chi connectivity index (χ1n) is 20.0. The second kappa shape index (κ2) is 16.5. The number of amides is 2. The second-order valence-corrected chi connectivity index (χ2v) is 15.5. The van der Waals surface area contributed by atoms with Crippen LogP contribution in [-0.4, -0.2) is 98.4 Å². The van der Waals surface area contributed by atoms with Crippen LogP contribution in [0, 0.1) is 11.8 Å². The van der Waals surface area contributed by atoms with E-state index in [0.29, 0.717) is 28.7 Å². The maximum Gasteiger partial charge on any atom is 0.225 e. The van der Waals surface area contributed by atoms with E-state index in [1.54, 1.807) is 0 Å². The molecule has 10 heteroatoms. The zero-order valence-corrected chi connectivity index (χ0v) is 32.1. The van der Waals surface area contributed by atoms with Crippen LogP contribution in [0.25, 0.3) is 0 Å². The molecule has 0 aromatic heterocycles. The molecule has 4 aromatic rings. The number of ketones is 2. The van der Waals surface area contributed by atoms with Crippen molar-refractivity contribution in [2.45, 2.75) is 38.5 Å². The van der Waals surface area contributed by atoms with Gasteiger partial charge in [0.2, 0.25) is 11.8 Å². The average Bonchev–Trinajstić information content (AvgIpc) is 4.19. The summed E-state index contributed by atoms with van der Waals surface area (Å²) in [5.41, 5.74) is 7.66. The molecule has 0 atom stereocenters. The molecule has 2 saturated heterocycles.